The summed E-state index contributed by atoms with van der Waals surface area (Å²) in [4.78, 5) is 54.1. The smallest absolute Gasteiger partial charge is 0.253 e. The van der Waals surface area contributed by atoms with E-state index in [1.54, 1.807) is 35.2 Å². The van der Waals surface area contributed by atoms with Crippen LogP contribution in [0.3, 0.4) is 0 Å². The monoisotopic (exact) mass is 680 g/mol. The van der Waals surface area contributed by atoms with Crippen LogP contribution in [-0.2, 0) is 6.42 Å². The van der Waals surface area contributed by atoms with Crippen molar-refractivity contribution in [3.05, 3.63) is 106 Å². The van der Waals surface area contributed by atoms with Gasteiger partial charge in [-0.25, -0.2) is 8.78 Å². The number of benzene rings is 3. The van der Waals surface area contributed by atoms with Crippen LogP contribution in [-0.4, -0.2) is 76.1 Å². The fraction of sp³-hybridized carbons (Fsp3) is 0.405. The lowest BCUT2D eigenvalue weighted by Crippen LogP contribution is -2.56. The maximum absolute atomic E-state index is 14.2. The van der Waals surface area contributed by atoms with E-state index < -0.39 is 59.6 Å². The van der Waals surface area contributed by atoms with Crippen LogP contribution in [0.1, 0.15) is 99.9 Å². The quantitative estimate of drug-likeness (QED) is 0.134. The standard InChI is InChI=1S/C37H46F2N4O6/c1-4-7-13-30(41-35(47)24-11-9-8-10-12-24)32(44)33(45)31(18-23-16-28(38)22-29(39)17-23)42-36(48)26-19-25(34(40)46)20-27(21-26)37(49)43(14-5-2)15-6-3/h8-12,16-17,19-22,30-33,44-45H,4-7,13-15,18H2,1-3H3,(H2,40,46)(H,41,47)(H,42,48). The summed E-state index contributed by atoms with van der Waals surface area (Å²) in [7, 11) is 0. The van der Waals surface area contributed by atoms with E-state index in [1.807, 2.05) is 20.8 Å². The summed E-state index contributed by atoms with van der Waals surface area (Å²) < 4.78 is 28.4. The van der Waals surface area contributed by atoms with Gasteiger partial charge in [0.25, 0.3) is 17.7 Å². The second kappa shape index (κ2) is 18.8. The second-order valence-corrected chi connectivity index (χ2v) is 12.1. The predicted octanol–water partition coefficient (Wildman–Crippen LogP) is 4.38. The molecule has 0 aliphatic rings. The molecular weight excluding hydrogens is 634 g/mol. The molecule has 49 heavy (non-hydrogen) atoms. The van der Waals surface area contributed by atoms with Gasteiger partial charge < -0.3 is 31.5 Å². The normalized spacial score (nSPS) is 13.5. The third-order valence-corrected chi connectivity index (χ3v) is 8.09. The highest BCUT2D eigenvalue weighted by Crippen LogP contribution is 2.19. The number of nitrogens with zero attached hydrogens (tertiary/aromatic N) is 1. The highest BCUT2D eigenvalue weighted by atomic mass is 19.1. The van der Waals surface area contributed by atoms with Gasteiger partial charge in [-0.15, -0.1) is 0 Å². The number of primary amides is 1. The van der Waals surface area contributed by atoms with Gasteiger partial charge in [-0.05, 0) is 73.7 Å². The van der Waals surface area contributed by atoms with Gasteiger partial charge >= 0.3 is 0 Å². The number of nitrogens with one attached hydrogen (secondary N) is 2. The Morgan fingerprint density at radius 3 is 1.82 bits per heavy atom. The van der Waals surface area contributed by atoms with Gasteiger partial charge in [-0.1, -0.05) is 51.8 Å². The number of amides is 4. The lowest BCUT2D eigenvalue weighted by Gasteiger charge is -2.33. The second-order valence-electron chi connectivity index (χ2n) is 12.1. The molecule has 0 fully saturated rings. The van der Waals surface area contributed by atoms with Crippen LogP contribution < -0.4 is 16.4 Å². The molecule has 12 heteroatoms. The molecule has 3 rings (SSSR count). The maximum Gasteiger partial charge on any atom is 0.253 e. The van der Waals surface area contributed by atoms with E-state index in [0.717, 1.165) is 12.1 Å². The van der Waals surface area contributed by atoms with Gasteiger partial charge in [-0.3, -0.25) is 19.2 Å². The van der Waals surface area contributed by atoms with Crippen molar-refractivity contribution in [2.45, 2.75) is 83.6 Å². The van der Waals surface area contributed by atoms with Crippen molar-refractivity contribution < 1.29 is 38.2 Å². The van der Waals surface area contributed by atoms with E-state index in [2.05, 4.69) is 10.6 Å². The van der Waals surface area contributed by atoms with Gasteiger partial charge in [0.15, 0.2) is 0 Å². The minimum absolute atomic E-state index is 0.0518. The van der Waals surface area contributed by atoms with Crippen LogP contribution in [0, 0.1) is 11.6 Å². The van der Waals surface area contributed by atoms with E-state index in [0.29, 0.717) is 50.4 Å². The van der Waals surface area contributed by atoms with Crippen molar-refractivity contribution in [3.8, 4) is 0 Å². The van der Waals surface area contributed by atoms with Crippen molar-refractivity contribution in [2.75, 3.05) is 13.1 Å². The zero-order chi connectivity index (χ0) is 36.1. The first kappa shape index (κ1) is 38.8. The lowest BCUT2D eigenvalue weighted by molar-refractivity contribution is -0.0237. The minimum Gasteiger partial charge on any atom is -0.388 e. The van der Waals surface area contributed by atoms with E-state index >= 15 is 0 Å². The molecule has 0 bridgehead atoms. The van der Waals surface area contributed by atoms with E-state index in [9.17, 15) is 38.2 Å². The molecule has 10 nitrogen and oxygen atoms in total. The maximum atomic E-state index is 14.2. The van der Waals surface area contributed by atoms with Crippen LogP contribution in [0.25, 0.3) is 0 Å². The van der Waals surface area contributed by atoms with Crippen molar-refractivity contribution in [2.24, 2.45) is 5.73 Å². The van der Waals surface area contributed by atoms with Gasteiger partial charge in [0.2, 0.25) is 5.91 Å². The van der Waals surface area contributed by atoms with Crippen molar-refractivity contribution in [3.63, 3.8) is 0 Å². The Bertz CT molecular complexity index is 1560. The van der Waals surface area contributed by atoms with E-state index in [4.69, 9.17) is 5.73 Å². The summed E-state index contributed by atoms with van der Waals surface area (Å²) in [5.74, 6) is -4.38. The average molecular weight is 681 g/mol. The first-order valence-corrected chi connectivity index (χ1v) is 16.6. The summed E-state index contributed by atoms with van der Waals surface area (Å²) >= 11 is 0. The largest absolute Gasteiger partial charge is 0.388 e. The fourth-order valence-corrected chi connectivity index (χ4v) is 5.62. The first-order chi connectivity index (χ1) is 23.4. The summed E-state index contributed by atoms with van der Waals surface area (Å²) in [6.07, 6.45) is -0.765. The summed E-state index contributed by atoms with van der Waals surface area (Å²) in [6, 6.07) is 12.5. The predicted molar refractivity (Wildman–Crippen MR) is 182 cm³/mol. The molecule has 4 unspecified atom stereocenters. The third kappa shape index (κ3) is 11.2. The molecule has 264 valence electrons. The molecule has 0 saturated carbocycles. The van der Waals surface area contributed by atoms with E-state index in [1.165, 1.54) is 18.2 Å². The highest BCUT2D eigenvalue weighted by molar-refractivity contribution is 6.04. The molecule has 3 aromatic carbocycles. The molecule has 0 radical (unpaired) electrons. The minimum atomic E-state index is -1.75. The zero-order valence-electron chi connectivity index (χ0n) is 28.1. The number of halogens is 2. The van der Waals surface area contributed by atoms with Gasteiger partial charge in [-0.2, -0.15) is 0 Å². The molecule has 3 aromatic rings. The summed E-state index contributed by atoms with van der Waals surface area (Å²) in [5.41, 5.74) is 5.77. The number of aliphatic hydroxyl groups excluding tert-OH is 2. The molecule has 4 atom stereocenters. The Kier molecular flexibility index (Phi) is 14.8. The van der Waals surface area contributed by atoms with Crippen LogP contribution in [0.4, 0.5) is 8.78 Å². The number of hydrogen-bond acceptors (Lipinski definition) is 6. The van der Waals surface area contributed by atoms with Gasteiger partial charge in [0.1, 0.15) is 23.8 Å². The van der Waals surface area contributed by atoms with Crippen LogP contribution in [0.15, 0.2) is 66.7 Å². The fourth-order valence-electron chi connectivity index (χ4n) is 5.62. The first-order valence-electron chi connectivity index (χ1n) is 16.6. The summed E-state index contributed by atoms with van der Waals surface area (Å²) in [6.45, 7) is 6.65. The Morgan fingerprint density at radius 2 is 1.24 bits per heavy atom. The average Bonchev–Trinajstić information content (AvgIpc) is 3.08. The molecule has 0 aliphatic carbocycles. The summed E-state index contributed by atoms with van der Waals surface area (Å²) in [5, 5.41) is 28.4. The number of carbonyl (C=O) groups is 4. The molecule has 6 N–H and O–H groups in total. The highest BCUT2D eigenvalue weighted by Gasteiger charge is 2.35. The number of hydrogen-bond donors (Lipinski definition) is 5. The number of aliphatic hydroxyl groups is 2. The number of carbonyl (C=O) groups excluding carboxylic acids is 4. The van der Waals surface area contributed by atoms with Crippen molar-refractivity contribution >= 4 is 23.6 Å². The Labute approximate surface area is 285 Å². The number of unbranched alkanes of at least 4 members (excludes halogenated alkanes) is 1. The lowest BCUT2D eigenvalue weighted by atomic mass is 9.91. The molecule has 4 amide bonds. The Morgan fingerprint density at radius 1 is 0.714 bits per heavy atom. The van der Waals surface area contributed by atoms with Crippen LogP contribution in [0.5, 0.6) is 0 Å². The molecule has 0 saturated heterocycles. The third-order valence-electron chi connectivity index (χ3n) is 8.09. The van der Waals surface area contributed by atoms with E-state index in [-0.39, 0.29) is 35.1 Å². The number of rotatable bonds is 18. The Hall–Kier alpha value is -4.68. The van der Waals surface area contributed by atoms with Crippen LogP contribution in [0.2, 0.25) is 0 Å². The van der Waals surface area contributed by atoms with Gasteiger partial charge in [0.05, 0.1) is 12.1 Å². The molecule has 0 aliphatic heterocycles. The number of nitrogens with two attached hydrogens (primary N) is 1. The Balaban J connectivity index is 2.00. The van der Waals surface area contributed by atoms with Gasteiger partial charge in [0, 0.05) is 41.4 Å². The molecule has 0 heterocycles. The van der Waals surface area contributed by atoms with Crippen molar-refractivity contribution in [1.82, 2.24) is 15.5 Å². The SMILES string of the molecule is CCCCC(NC(=O)c1ccccc1)C(O)C(O)C(Cc1cc(F)cc(F)c1)NC(=O)c1cc(C(N)=O)cc(C(=O)N(CCC)CCC)c1. The zero-order valence-corrected chi connectivity index (χ0v) is 28.1. The van der Waals surface area contributed by atoms with Crippen molar-refractivity contribution in [1.29, 1.82) is 0 Å². The van der Waals surface area contributed by atoms with Crippen LogP contribution >= 0.6 is 0 Å². The molecular formula is C37H46F2N4O6. The molecule has 0 spiro atoms. The topological polar surface area (TPSA) is 162 Å². The molecule has 0 aromatic heterocycles.